The van der Waals surface area contributed by atoms with Gasteiger partial charge in [-0.15, -0.1) is 0 Å². The molecule has 0 bridgehead atoms. The molecule has 13 rings (SSSR count). The van der Waals surface area contributed by atoms with E-state index in [1.165, 1.54) is 48.6 Å². The smallest absolute Gasteiger partial charge is 0.160 e. The van der Waals surface area contributed by atoms with E-state index in [4.69, 9.17) is 15.0 Å². The zero-order valence-electron chi connectivity index (χ0n) is 33.5. The van der Waals surface area contributed by atoms with Crippen molar-refractivity contribution in [2.45, 2.75) is 15.2 Å². The van der Waals surface area contributed by atoms with Crippen LogP contribution in [0.3, 0.4) is 0 Å². The fraction of sp³-hybridized carbons (Fsp3) is 0.0172. The fourth-order valence-corrected chi connectivity index (χ4v) is 11.5. The van der Waals surface area contributed by atoms with Crippen molar-refractivity contribution in [3.05, 3.63) is 235 Å². The monoisotopic (exact) mass is 805 g/mol. The normalized spacial score (nSPS) is 13.2. The third-order valence-electron chi connectivity index (χ3n) is 12.9. The summed E-state index contributed by atoms with van der Waals surface area (Å²) in [6, 6.07) is 76.7. The molecule has 1 aliphatic heterocycles. The molecular weight excluding hydrogens is 771 g/mol. The van der Waals surface area contributed by atoms with Crippen molar-refractivity contribution in [1.29, 1.82) is 0 Å². The quantitative estimate of drug-likeness (QED) is 0.166. The summed E-state index contributed by atoms with van der Waals surface area (Å²) < 4.78 is 0. The van der Waals surface area contributed by atoms with E-state index in [1.54, 1.807) is 0 Å². The van der Waals surface area contributed by atoms with Gasteiger partial charge < -0.3 is 0 Å². The molecule has 2 aromatic heterocycles. The van der Waals surface area contributed by atoms with Crippen molar-refractivity contribution in [3.8, 4) is 56.2 Å². The van der Waals surface area contributed by atoms with Crippen LogP contribution in [-0.2, 0) is 5.41 Å². The van der Waals surface area contributed by atoms with Gasteiger partial charge in [-0.05, 0) is 74.8 Å². The predicted molar refractivity (Wildman–Crippen MR) is 256 cm³/mol. The summed E-state index contributed by atoms with van der Waals surface area (Å²) >= 11 is 1.88. The predicted octanol–water partition coefficient (Wildman–Crippen LogP) is 14.8. The molecule has 3 heterocycles. The molecule has 0 saturated carbocycles. The molecule has 9 aromatic carbocycles. The van der Waals surface area contributed by atoms with E-state index in [-0.39, 0.29) is 0 Å². The molecule has 0 fully saturated rings. The van der Waals surface area contributed by atoms with Gasteiger partial charge in [-0.3, -0.25) is 0 Å². The van der Waals surface area contributed by atoms with Gasteiger partial charge >= 0.3 is 0 Å². The summed E-state index contributed by atoms with van der Waals surface area (Å²) in [5.41, 5.74) is 16.7. The first kappa shape index (κ1) is 35.1. The molecule has 0 unspecified atom stereocenters. The second-order valence-electron chi connectivity index (χ2n) is 16.2. The SMILES string of the molecule is c1ccc(-c2nc(-c3ccc(-c4ccc5nc(-c6ccccc6)c6ccc7c(c6c5c4)-c4ccccc4C74c5ccccc5Sc5ccccc54)cc3)c3ccccc3n2)cc1. The zero-order chi connectivity index (χ0) is 40.8. The van der Waals surface area contributed by atoms with Crippen molar-refractivity contribution in [1.82, 2.24) is 15.0 Å². The first-order valence-corrected chi connectivity index (χ1v) is 21.9. The molecule has 4 heteroatoms. The maximum Gasteiger partial charge on any atom is 0.160 e. The molecule has 2 aliphatic rings. The Morgan fingerprint density at radius 1 is 0.339 bits per heavy atom. The Morgan fingerprint density at radius 3 is 1.66 bits per heavy atom. The highest BCUT2D eigenvalue weighted by Crippen LogP contribution is 2.63. The molecule has 11 aromatic rings. The summed E-state index contributed by atoms with van der Waals surface area (Å²) in [6.07, 6.45) is 0. The fourth-order valence-electron chi connectivity index (χ4n) is 10.3. The van der Waals surface area contributed by atoms with Crippen LogP contribution in [0, 0.1) is 0 Å². The third kappa shape index (κ3) is 5.11. The van der Waals surface area contributed by atoms with Crippen LogP contribution in [0.4, 0.5) is 0 Å². The Hall–Kier alpha value is -7.66. The minimum atomic E-state index is -0.472. The van der Waals surface area contributed by atoms with E-state index in [0.29, 0.717) is 0 Å². The van der Waals surface area contributed by atoms with Crippen LogP contribution >= 0.6 is 11.8 Å². The summed E-state index contributed by atoms with van der Waals surface area (Å²) in [7, 11) is 0. The Balaban J connectivity index is 1.05. The lowest BCUT2D eigenvalue weighted by molar-refractivity contribution is 0.723. The standard InChI is InChI=1S/C58H35N3S/c1-3-15-37(16-4-1)56-43-32-33-48-54(41-19-7-9-21-45(41)58(48)46-22-10-13-25-51(46)62-52-26-14-11-23-47(52)58)53(43)44-35-40(31-34-50(44)59-56)36-27-29-38(30-28-36)55-42-20-8-12-24-49(42)60-57(61-55)39-17-5-2-6-18-39/h1-35H. The minimum Gasteiger partial charge on any atom is -0.247 e. The van der Waals surface area contributed by atoms with Crippen molar-refractivity contribution in [2.75, 3.05) is 0 Å². The average molecular weight is 806 g/mol. The van der Waals surface area contributed by atoms with Crippen LogP contribution in [0.15, 0.2) is 222 Å². The lowest BCUT2D eigenvalue weighted by Crippen LogP contribution is -2.31. The summed E-state index contributed by atoms with van der Waals surface area (Å²) in [6.45, 7) is 0. The van der Waals surface area contributed by atoms with Gasteiger partial charge in [0.2, 0.25) is 0 Å². The topological polar surface area (TPSA) is 38.7 Å². The first-order valence-electron chi connectivity index (χ1n) is 21.1. The third-order valence-corrected chi connectivity index (χ3v) is 14.1. The molecule has 0 amide bonds. The molecule has 0 atom stereocenters. The van der Waals surface area contributed by atoms with Crippen molar-refractivity contribution in [2.24, 2.45) is 0 Å². The highest BCUT2D eigenvalue weighted by atomic mass is 32.2. The van der Waals surface area contributed by atoms with Gasteiger partial charge in [-0.1, -0.05) is 194 Å². The number of rotatable bonds is 4. The average Bonchev–Trinajstić information content (AvgIpc) is 3.64. The molecule has 3 nitrogen and oxygen atoms in total. The van der Waals surface area contributed by atoms with Crippen LogP contribution in [0.2, 0.25) is 0 Å². The highest BCUT2D eigenvalue weighted by molar-refractivity contribution is 7.99. The highest BCUT2D eigenvalue weighted by Gasteiger charge is 2.50. The van der Waals surface area contributed by atoms with E-state index in [1.807, 2.05) is 36.0 Å². The van der Waals surface area contributed by atoms with Crippen molar-refractivity contribution >= 4 is 44.3 Å². The summed E-state index contributed by atoms with van der Waals surface area (Å²) in [5, 5.41) is 4.57. The Bertz CT molecular complexity index is 3550. The van der Waals surface area contributed by atoms with Crippen LogP contribution < -0.4 is 0 Å². The Labute approximate surface area is 363 Å². The minimum absolute atomic E-state index is 0.472. The molecule has 1 aliphatic carbocycles. The largest absolute Gasteiger partial charge is 0.247 e. The lowest BCUT2D eigenvalue weighted by Gasteiger charge is -2.39. The molecule has 0 radical (unpaired) electrons. The number of nitrogens with zero attached hydrogens (tertiary/aromatic N) is 3. The molecule has 0 N–H and O–H groups in total. The van der Waals surface area contributed by atoms with E-state index in [2.05, 4.69) is 188 Å². The van der Waals surface area contributed by atoms with E-state index < -0.39 is 5.41 Å². The van der Waals surface area contributed by atoms with Crippen LogP contribution in [0.1, 0.15) is 22.3 Å². The van der Waals surface area contributed by atoms with Gasteiger partial charge in [0, 0.05) is 48.0 Å². The van der Waals surface area contributed by atoms with Gasteiger partial charge in [-0.25, -0.2) is 15.0 Å². The Morgan fingerprint density at radius 2 is 0.903 bits per heavy atom. The van der Waals surface area contributed by atoms with Crippen molar-refractivity contribution in [3.63, 3.8) is 0 Å². The zero-order valence-corrected chi connectivity index (χ0v) is 34.3. The lowest BCUT2D eigenvalue weighted by atomic mass is 9.67. The van der Waals surface area contributed by atoms with Crippen LogP contribution in [0.5, 0.6) is 0 Å². The molecule has 288 valence electrons. The van der Waals surface area contributed by atoms with Gasteiger partial charge in [0.05, 0.1) is 27.8 Å². The van der Waals surface area contributed by atoms with E-state index in [0.717, 1.165) is 72.2 Å². The summed E-state index contributed by atoms with van der Waals surface area (Å²) in [5.74, 6) is 0.724. The van der Waals surface area contributed by atoms with E-state index >= 15 is 0 Å². The Kier molecular flexibility index (Phi) is 7.75. The second kappa shape index (κ2) is 13.7. The van der Waals surface area contributed by atoms with Crippen LogP contribution in [-0.4, -0.2) is 15.0 Å². The number of para-hydroxylation sites is 1. The van der Waals surface area contributed by atoms with Gasteiger partial charge in [0.15, 0.2) is 5.82 Å². The molecule has 1 spiro atoms. The number of benzene rings is 9. The van der Waals surface area contributed by atoms with E-state index in [9.17, 15) is 0 Å². The van der Waals surface area contributed by atoms with Gasteiger partial charge in [0.1, 0.15) is 0 Å². The summed E-state index contributed by atoms with van der Waals surface area (Å²) in [4.78, 5) is 18.2. The van der Waals surface area contributed by atoms with Gasteiger partial charge in [-0.2, -0.15) is 0 Å². The number of fused-ring (bicyclic) bond motifs is 14. The number of aromatic nitrogens is 3. The van der Waals surface area contributed by atoms with Crippen molar-refractivity contribution < 1.29 is 0 Å². The number of pyridine rings is 1. The maximum atomic E-state index is 5.46. The molecule has 0 saturated heterocycles. The van der Waals surface area contributed by atoms with Crippen LogP contribution in [0.25, 0.3) is 88.7 Å². The number of hydrogen-bond donors (Lipinski definition) is 0. The maximum absolute atomic E-state index is 5.46. The number of hydrogen-bond acceptors (Lipinski definition) is 4. The van der Waals surface area contributed by atoms with Gasteiger partial charge in [0.25, 0.3) is 0 Å². The first-order chi connectivity index (χ1) is 30.7. The second-order valence-corrected chi connectivity index (χ2v) is 17.3. The molecular formula is C58H35N3S. The molecule has 62 heavy (non-hydrogen) atoms.